The van der Waals surface area contributed by atoms with Gasteiger partial charge in [-0.25, -0.2) is 0 Å². The molecule has 1 fully saturated rings. The number of esters is 1. The van der Waals surface area contributed by atoms with Crippen molar-refractivity contribution in [3.63, 3.8) is 0 Å². The summed E-state index contributed by atoms with van der Waals surface area (Å²) in [7, 11) is 0. The van der Waals surface area contributed by atoms with Gasteiger partial charge in [-0.1, -0.05) is 26.2 Å². The molecule has 94 valence electrons. The van der Waals surface area contributed by atoms with Gasteiger partial charge >= 0.3 is 5.97 Å². The molecule has 1 heterocycles. The minimum absolute atomic E-state index is 0.0833. The summed E-state index contributed by atoms with van der Waals surface area (Å²) < 4.78 is 15.9. The van der Waals surface area contributed by atoms with Crippen molar-refractivity contribution in [2.45, 2.75) is 58.3 Å². The summed E-state index contributed by atoms with van der Waals surface area (Å²) in [4.78, 5) is 10.6. The maximum Gasteiger partial charge on any atom is 0.302 e. The number of carbonyl (C=O) groups is 1. The molecule has 0 saturated carbocycles. The first-order valence-electron chi connectivity index (χ1n) is 6.12. The summed E-state index contributed by atoms with van der Waals surface area (Å²) in [5.74, 6) is -0.269. The third-order valence-corrected chi connectivity index (χ3v) is 2.58. The molecular weight excluding hydrogens is 208 g/mol. The Labute approximate surface area is 97.2 Å². The lowest BCUT2D eigenvalue weighted by Gasteiger charge is -2.11. The molecule has 16 heavy (non-hydrogen) atoms. The molecular formula is C12H22O4. The Kier molecular flexibility index (Phi) is 6.42. The summed E-state index contributed by atoms with van der Waals surface area (Å²) in [6.45, 7) is 4.43. The van der Waals surface area contributed by atoms with Crippen molar-refractivity contribution in [3.8, 4) is 0 Å². The van der Waals surface area contributed by atoms with Crippen molar-refractivity contribution in [2.24, 2.45) is 0 Å². The summed E-state index contributed by atoms with van der Waals surface area (Å²) in [6, 6.07) is 0. The maximum absolute atomic E-state index is 10.6. The first-order valence-corrected chi connectivity index (χ1v) is 6.12. The van der Waals surface area contributed by atoms with Crippen LogP contribution in [0.3, 0.4) is 0 Å². The van der Waals surface area contributed by atoms with Crippen LogP contribution >= 0.6 is 0 Å². The summed E-state index contributed by atoms with van der Waals surface area (Å²) in [5.41, 5.74) is 0. The van der Waals surface area contributed by atoms with Gasteiger partial charge in [0.1, 0.15) is 12.7 Å². The zero-order valence-corrected chi connectivity index (χ0v) is 10.2. The van der Waals surface area contributed by atoms with E-state index in [1.807, 2.05) is 0 Å². The fraction of sp³-hybridized carbons (Fsp3) is 0.917. The van der Waals surface area contributed by atoms with Crippen molar-refractivity contribution in [2.75, 3.05) is 13.2 Å². The van der Waals surface area contributed by atoms with Gasteiger partial charge in [0, 0.05) is 6.92 Å². The quantitative estimate of drug-likeness (QED) is 0.497. The molecule has 1 aliphatic rings. The van der Waals surface area contributed by atoms with Crippen LogP contribution in [0, 0.1) is 0 Å². The van der Waals surface area contributed by atoms with Gasteiger partial charge in [0.15, 0.2) is 6.29 Å². The van der Waals surface area contributed by atoms with Gasteiger partial charge in [0.2, 0.25) is 0 Å². The average molecular weight is 230 g/mol. The highest BCUT2D eigenvalue weighted by Gasteiger charge is 2.26. The fourth-order valence-electron chi connectivity index (χ4n) is 1.69. The standard InChI is InChI=1S/C12H22O4/c1-3-4-5-6-7-12-15-9-11(16-12)8-14-10(2)13/h11-12H,3-9H2,1-2H3/t11-,12-/m1/s1. The SMILES string of the molecule is CCCCCC[C@@H]1OC[C@@H](COC(C)=O)O1. The van der Waals surface area contributed by atoms with E-state index in [0.717, 1.165) is 12.8 Å². The summed E-state index contributed by atoms with van der Waals surface area (Å²) in [6.07, 6.45) is 5.63. The summed E-state index contributed by atoms with van der Waals surface area (Å²) in [5, 5.41) is 0. The van der Waals surface area contributed by atoms with Crippen LogP contribution in [-0.4, -0.2) is 31.6 Å². The first-order chi connectivity index (χ1) is 7.72. The molecule has 1 rings (SSSR count). The molecule has 0 N–H and O–H groups in total. The Hall–Kier alpha value is -0.610. The third-order valence-electron chi connectivity index (χ3n) is 2.58. The number of ether oxygens (including phenoxy) is 3. The van der Waals surface area contributed by atoms with E-state index in [9.17, 15) is 4.79 Å². The van der Waals surface area contributed by atoms with Crippen LogP contribution in [0.15, 0.2) is 0 Å². The number of hydrogen-bond donors (Lipinski definition) is 0. The van der Waals surface area contributed by atoms with E-state index < -0.39 is 0 Å². The van der Waals surface area contributed by atoms with Crippen LogP contribution in [0.4, 0.5) is 0 Å². The normalized spacial score (nSPS) is 24.6. The molecule has 0 spiro atoms. The second-order valence-corrected chi connectivity index (χ2v) is 4.17. The molecule has 0 amide bonds. The van der Waals surface area contributed by atoms with Crippen LogP contribution < -0.4 is 0 Å². The number of hydrogen-bond acceptors (Lipinski definition) is 4. The predicted octanol–water partition coefficient (Wildman–Crippen LogP) is 2.26. The van der Waals surface area contributed by atoms with Gasteiger partial charge in [-0.05, 0) is 12.8 Å². The van der Waals surface area contributed by atoms with E-state index in [1.54, 1.807) is 0 Å². The lowest BCUT2D eigenvalue weighted by atomic mass is 10.1. The fourth-order valence-corrected chi connectivity index (χ4v) is 1.69. The number of rotatable bonds is 7. The number of carbonyl (C=O) groups excluding carboxylic acids is 1. The lowest BCUT2D eigenvalue weighted by Crippen LogP contribution is -2.20. The lowest BCUT2D eigenvalue weighted by molar-refractivity contribution is -0.145. The van der Waals surface area contributed by atoms with Gasteiger partial charge in [-0.15, -0.1) is 0 Å². The van der Waals surface area contributed by atoms with Crippen LogP contribution in [0.2, 0.25) is 0 Å². The zero-order valence-electron chi connectivity index (χ0n) is 10.2. The van der Waals surface area contributed by atoms with Crippen molar-refractivity contribution in [1.29, 1.82) is 0 Å². The topological polar surface area (TPSA) is 44.8 Å². The average Bonchev–Trinajstić information content (AvgIpc) is 2.70. The minimum Gasteiger partial charge on any atom is -0.463 e. The highest BCUT2D eigenvalue weighted by molar-refractivity contribution is 5.65. The monoisotopic (exact) mass is 230 g/mol. The van der Waals surface area contributed by atoms with Crippen LogP contribution in [0.1, 0.15) is 46.0 Å². The predicted molar refractivity (Wildman–Crippen MR) is 60.0 cm³/mol. The molecule has 1 aliphatic heterocycles. The Morgan fingerprint density at radius 3 is 2.88 bits per heavy atom. The Bertz CT molecular complexity index is 205. The highest BCUT2D eigenvalue weighted by Crippen LogP contribution is 2.17. The molecule has 0 bridgehead atoms. The molecule has 0 aromatic heterocycles. The second kappa shape index (κ2) is 7.63. The molecule has 0 aromatic rings. The molecule has 0 aromatic carbocycles. The maximum atomic E-state index is 10.6. The van der Waals surface area contributed by atoms with Crippen molar-refractivity contribution in [3.05, 3.63) is 0 Å². The van der Waals surface area contributed by atoms with Crippen molar-refractivity contribution in [1.82, 2.24) is 0 Å². The summed E-state index contributed by atoms with van der Waals surface area (Å²) >= 11 is 0. The van der Waals surface area contributed by atoms with E-state index in [1.165, 1.54) is 26.2 Å². The van der Waals surface area contributed by atoms with E-state index >= 15 is 0 Å². The Morgan fingerprint density at radius 1 is 1.38 bits per heavy atom. The van der Waals surface area contributed by atoms with Gasteiger partial charge in [-0.2, -0.15) is 0 Å². The second-order valence-electron chi connectivity index (χ2n) is 4.17. The largest absolute Gasteiger partial charge is 0.463 e. The van der Waals surface area contributed by atoms with Crippen LogP contribution in [-0.2, 0) is 19.0 Å². The van der Waals surface area contributed by atoms with E-state index in [2.05, 4.69) is 6.92 Å². The highest BCUT2D eigenvalue weighted by atomic mass is 16.7. The molecule has 1 saturated heterocycles. The van der Waals surface area contributed by atoms with Crippen molar-refractivity contribution >= 4 is 5.97 Å². The number of unbranched alkanes of at least 4 members (excludes halogenated alkanes) is 3. The molecule has 2 atom stereocenters. The van der Waals surface area contributed by atoms with Crippen molar-refractivity contribution < 1.29 is 19.0 Å². The van der Waals surface area contributed by atoms with Gasteiger partial charge in [0.25, 0.3) is 0 Å². The first kappa shape index (κ1) is 13.5. The molecule has 4 heteroatoms. The Morgan fingerprint density at radius 2 is 2.19 bits per heavy atom. The van der Waals surface area contributed by atoms with E-state index in [0.29, 0.717) is 13.2 Å². The van der Waals surface area contributed by atoms with E-state index in [4.69, 9.17) is 14.2 Å². The Balaban J connectivity index is 2.03. The van der Waals surface area contributed by atoms with Gasteiger partial charge < -0.3 is 14.2 Å². The van der Waals surface area contributed by atoms with Gasteiger partial charge in [0.05, 0.1) is 6.61 Å². The zero-order chi connectivity index (χ0) is 11.8. The molecule has 0 radical (unpaired) electrons. The molecule has 4 nitrogen and oxygen atoms in total. The third kappa shape index (κ3) is 5.47. The van der Waals surface area contributed by atoms with Crippen LogP contribution in [0.25, 0.3) is 0 Å². The van der Waals surface area contributed by atoms with Gasteiger partial charge in [-0.3, -0.25) is 4.79 Å². The molecule has 0 aliphatic carbocycles. The minimum atomic E-state index is -0.269. The smallest absolute Gasteiger partial charge is 0.302 e. The van der Waals surface area contributed by atoms with Crippen LogP contribution in [0.5, 0.6) is 0 Å². The van der Waals surface area contributed by atoms with E-state index in [-0.39, 0.29) is 18.4 Å². The molecule has 0 unspecified atom stereocenters.